The molecule has 2 aromatic heterocycles. The van der Waals surface area contributed by atoms with Crippen molar-refractivity contribution in [3.05, 3.63) is 23.3 Å². The fraction of sp³-hybridized carbons (Fsp3) is 0.533. The van der Waals surface area contributed by atoms with E-state index in [1.807, 2.05) is 17.5 Å². The summed E-state index contributed by atoms with van der Waals surface area (Å²) < 4.78 is 5.66. The third-order valence-corrected chi connectivity index (χ3v) is 4.58. The number of aromatic nitrogens is 3. The Balaban J connectivity index is 1.51. The number of aromatic amines is 1. The normalized spacial score (nSPS) is 18.1. The van der Waals surface area contributed by atoms with Gasteiger partial charge < -0.3 is 15.0 Å². The number of hydrogen-bond donors (Lipinski definition) is 2. The van der Waals surface area contributed by atoms with Gasteiger partial charge in [0, 0.05) is 13.1 Å². The molecule has 1 aliphatic rings. The van der Waals surface area contributed by atoms with E-state index in [0.717, 1.165) is 17.7 Å². The van der Waals surface area contributed by atoms with Crippen LogP contribution in [-0.2, 0) is 11.3 Å². The van der Waals surface area contributed by atoms with Crippen molar-refractivity contribution in [2.24, 2.45) is 0 Å². The van der Waals surface area contributed by atoms with Crippen molar-refractivity contribution < 1.29 is 9.53 Å². The number of hydrogen-bond acceptors (Lipinski definition) is 5. The van der Waals surface area contributed by atoms with Gasteiger partial charge in [0.2, 0.25) is 0 Å². The first-order valence-electron chi connectivity index (χ1n) is 7.85. The molecular formula is C15H21N5O2S. The molecule has 124 valence electrons. The first kappa shape index (κ1) is 15.9. The van der Waals surface area contributed by atoms with Gasteiger partial charge in [-0.05, 0) is 17.9 Å². The van der Waals surface area contributed by atoms with Crippen LogP contribution in [0.2, 0.25) is 0 Å². The highest BCUT2D eigenvalue weighted by Crippen LogP contribution is 2.20. The number of rotatable bonds is 5. The van der Waals surface area contributed by atoms with Crippen LogP contribution >= 0.6 is 11.3 Å². The summed E-state index contributed by atoms with van der Waals surface area (Å²) in [6, 6.07) is 3.85. The topological polar surface area (TPSA) is 83.1 Å². The zero-order valence-corrected chi connectivity index (χ0v) is 13.9. The smallest absolute Gasteiger partial charge is 0.317 e. The van der Waals surface area contributed by atoms with E-state index < -0.39 is 0 Å². The van der Waals surface area contributed by atoms with E-state index in [0.29, 0.717) is 37.9 Å². The molecule has 23 heavy (non-hydrogen) atoms. The minimum Gasteiger partial charge on any atom is -0.375 e. The van der Waals surface area contributed by atoms with E-state index in [1.165, 1.54) is 0 Å². The first-order chi connectivity index (χ1) is 11.3. The second-order valence-electron chi connectivity index (χ2n) is 5.47. The molecule has 8 heteroatoms. The Morgan fingerprint density at radius 1 is 1.61 bits per heavy atom. The summed E-state index contributed by atoms with van der Waals surface area (Å²) >= 11 is 1.59. The number of carbonyl (C=O) groups excluding carboxylic acids is 1. The van der Waals surface area contributed by atoms with E-state index in [1.54, 1.807) is 16.2 Å². The molecule has 0 aromatic carbocycles. The minimum absolute atomic E-state index is 0.0801. The predicted molar refractivity (Wildman–Crippen MR) is 88.2 cm³/mol. The van der Waals surface area contributed by atoms with Crippen LogP contribution in [0, 0.1) is 0 Å². The van der Waals surface area contributed by atoms with Crippen LogP contribution in [0.15, 0.2) is 17.5 Å². The van der Waals surface area contributed by atoms with Crippen molar-refractivity contribution in [2.75, 3.05) is 19.7 Å². The van der Waals surface area contributed by atoms with Gasteiger partial charge in [-0.3, -0.25) is 5.10 Å². The molecule has 2 amide bonds. The lowest BCUT2D eigenvalue weighted by molar-refractivity contribution is -0.0181. The maximum Gasteiger partial charge on any atom is 0.317 e. The monoisotopic (exact) mass is 335 g/mol. The van der Waals surface area contributed by atoms with Gasteiger partial charge in [-0.2, -0.15) is 5.10 Å². The zero-order chi connectivity index (χ0) is 16.1. The Labute approximate surface area is 139 Å². The Hall–Kier alpha value is -1.93. The molecule has 3 rings (SSSR count). The highest BCUT2D eigenvalue weighted by molar-refractivity contribution is 7.13. The largest absolute Gasteiger partial charge is 0.375 e. The number of carbonyl (C=O) groups is 1. The van der Waals surface area contributed by atoms with E-state index in [-0.39, 0.29) is 12.1 Å². The fourth-order valence-electron chi connectivity index (χ4n) is 2.56. The van der Waals surface area contributed by atoms with E-state index in [2.05, 4.69) is 27.4 Å². The summed E-state index contributed by atoms with van der Waals surface area (Å²) in [6.45, 7) is 4.34. The average Bonchev–Trinajstić information content (AvgIpc) is 3.24. The quantitative estimate of drug-likeness (QED) is 0.878. The number of urea groups is 1. The van der Waals surface area contributed by atoms with Crippen LogP contribution in [0.1, 0.15) is 25.6 Å². The Morgan fingerprint density at radius 3 is 3.30 bits per heavy atom. The van der Waals surface area contributed by atoms with Crippen LogP contribution in [0.3, 0.4) is 0 Å². The highest BCUT2D eigenvalue weighted by Gasteiger charge is 2.23. The second-order valence-corrected chi connectivity index (χ2v) is 6.42. The minimum atomic E-state index is -0.0801. The van der Waals surface area contributed by atoms with Crippen molar-refractivity contribution in [1.82, 2.24) is 25.4 Å². The molecule has 1 saturated heterocycles. The Morgan fingerprint density at radius 2 is 2.52 bits per heavy atom. The fourth-order valence-corrected chi connectivity index (χ4v) is 3.22. The molecule has 1 aliphatic heterocycles. The number of nitrogens with zero attached hydrogens (tertiary/aromatic N) is 3. The molecule has 3 heterocycles. The molecule has 0 spiro atoms. The van der Waals surface area contributed by atoms with Crippen molar-refractivity contribution in [3.63, 3.8) is 0 Å². The van der Waals surface area contributed by atoms with Gasteiger partial charge in [0.25, 0.3) is 0 Å². The number of amides is 2. The molecule has 1 atom stereocenters. The van der Waals surface area contributed by atoms with Crippen LogP contribution in [-0.4, -0.2) is 51.9 Å². The van der Waals surface area contributed by atoms with Gasteiger partial charge in [-0.25, -0.2) is 9.78 Å². The average molecular weight is 335 g/mol. The number of H-pyrrole nitrogens is 1. The van der Waals surface area contributed by atoms with Crippen molar-refractivity contribution in [1.29, 1.82) is 0 Å². The SMILES string of the molecule is CCCC1CN(C(=O)NCc2nc(-c3cccs3)n[nH]2)CCO1. The van der Waals surface area contributed by atoms with Gasteiger partial charge in [-0.1, -0.05) is 19.4 Å². The van der Waals surface area contributed by atoms with Crippen molar-refractivity contribution >= 4 is 17.4 Å². The summed E-state index contributed by atoms with van der Waals surface area (Å²) in [5.41, 5.74) is 0. The molecule has 7 nitrogen and oxygen atoms in total. The van der Waals surface area contributed by atoms with Gasteiger partial charge in [0.1, 0.15) is 5.82 Å². The zero-order valence-electron chi connectivity index (χ0n) is 13.1. The molecule has 0 saturated carbocycles. The molecule has 0 aliphatic carbocycles. The predicted octanol–water partition coefficient (Wildman–Crippen LogP) is 2.24. The van der Waals surface area contributed by atoms with Crippen molar-refractivity contribution in [2.45, 2.75) is 32.4 Å². The molecular weight excluding hydrogens is 314 g/mol. The van der Waals surface area contributed by atoms with E-state index >= 15 is 0 Å². The van der Waals surface area contributed by atoms with Crippen molar-refractivity contribution in [3.8, 4) is 10.7 Å². The maximum absolute atomic E-state index is 12.3. The third kappa shape index (κ3) is 4.08. The van der Waals surface area contributed by atoms with Gasteiger partial charge in [-0.15, -0.1) is 11.3 Å². The molecule has 2 N–H and O–H groups in total. The number of nitrogens with one attached hydrogen (secondary N) is 2. The summed E-state index contributed by atoms with van der Waals surface area (Å²) in [6.07, 6.45) is 2.19. The van der Waals surface area contributed by atoms with Crippen LogP contribution in [0.4, 0.5) is 4.79 Å². The molecule has 0 bridgehead atoms. The highest BCUT2D eigenvalue weighted by atomic mass is 32.1. The van der Waals surface area contributed by atoms with Crippen LogP contribution in [0.5, 0.6) is 0 Å². The molecule has 1 fully saturated rings. The number of morpholine rings is 1. The lowest BCUT2D eigenvalue weighted by Crippen LogP contribution is -2.49. The standard InChI is InChI=1S/C15H21N5O2S/c1-2-4-11-10-20(6-7-22-11)15(21)16-9-13-17-14(19-18-13)12-5-3-8-23-12/h3,5,8,11H,2,4,6-7,9-10H2,1H3,(H,16,21)(H,17,18,19). The maximum atomic E-state index is 12.3. The van der Waals surface area contributed by atoms with Crippen LogP contribution < -0.4 is 5.32 Å². The second kappa shape index (κ2) is 7.56. The van der Waals surface area contributed by atoms with E-state index in [4.69, 9.17) is 4.74 Å². The number of ether oxygens (including phenoxy) is 1. The van der Waals surface area contributed by atoms with Gasteiger partial charge in [0.05, 0.1) is 24.1 Å². The Kier molecular flexibility index (Phi) is 5.24. The summed E-state index contributed by atoms with van der Waals surface area (Å²) in [5, 5.41) is 11.9. The summed E-state index contributed by atoms with van der Waals surface area (Å²) in [7, 11) is 0. The molecule has 2 aromatic rings. The first-order valence-corrected chi connectivity index (χ1v) is 8.73. The summed E-state index contributed by atoms with van der Waals surface area (Å²) in [5.74, 6) is 1.32. The lowest BCUT2D eigenvalue weighted by atomic mass is 10.2. The molecule has 1 unspecified atom stereocenters. The Bertz CT molecular complexity index is 626. The van der Waals surface area contributed by atoms with Crippen LogP contribution in [0.25, 0.3) is 10.7 Å². The van der Waals surface area contributed by atoms with E-state index in [9.17, 15) is 4.79 Å². The summed E-state index contributed by atoms with van der Waals surface area (Å²) in [4.78, 5) is 19.5. The lowest BCUT2D eigenvalue weighted by Gasteiger charge is -2.32. The third-order valence-electron chi connectivity index (χ3n) is 3.72. The van der Waals surface area contributed by atoms with Gasteiger partial charge >= 0.3 is 6.03 Å². The number of thiophene rings is 1. The van der Waals surface area contributed by atoms with Gasteiger partial charge in [0.15, 0.2) is 5.82 Å². The molecule has 0 radical (unpaired) electrons.